The fraction of sp³-hybridized carbons (Fsp3) is 1.00. The molecule has 2 atom stereocenters. The highest BCUT2D eigenvalue weighted by Crippen LogP contribution is 2.40. The maximum Gasteiger partial charge on any atom is 0.0118 e. The van der Waals surface area contributed by atoms with Gasteiger partial charge in [0.1, 0.15) is 0 Å². The number of hydrogen-bond donors (Lipinski definition) is 1. The molecule has 118 valence electrons. The lowest BCUT2D eigenvalue weighted by Crippen LogP contribution is -2.49. The van der Waals surface area contributed by atoms with E-state index in [0.29, 0.717) is 5.41 Å². The molecule has 0 aromatic heterocycles. The van der Waals surface area contributed by atoms with E-state index in [-0.39, 0.29) is 0 Å². The molecule has 0 amide bonds. The van der Waals surface area contributed by atoms with Crippen LogP contribution in [-0.4, -0.2) is 38.1 Å². The number of nitrogens with one attached hydrogen (secondary N) is 1. The van der Waals surface area contributed by atoms with Crippen LogP contribution in [0.2, 0.25) is 0 Å². The maximum atomic E-state index is 3.49. The van der Waals surface area contributed by atoms with Gasteiger partial charge in [0.2, 0.25) is 0 Å². The van der Waals surface area contributed by atoms with Crippen molar-refractivity contribution in [3.63, 3.8) is 0 Å². The highest BCUT2D eigenvalue weighted by Gasteiger charge is 2.37. The minimum Gasteiger partial charge on any atom is -0.319 e. The summed E-state index contributed by atoms with van der Waals surface area (Å²) >= 11 is 0. The maximum absolute atomic E-state index is 3.49. The van der Waals surface area contributed by atoms with Gasteiger partial charge in [-0.2, -0.15) is 0 Å². The Morgan fingerprint density at radius 3 is 2.30 bits per heavy atom. The second-order valence-corrected chi connectivity index (χ2v) is 7.96. The first-order valence-corrected chi connectivity index (χ1v) is 8.91. The number of rotatable bonds is 5. The van der Waals surface area contributed by atoms with Crippen molar-refractivity contribution in [2.45, 2.75) is 71.3 Å². The largest absolute Gasteiger partial charge is 0.319 e. The van der Waals surface area contributed by atoms with Gasteiger partial charge in [0.15, 0.2) is 0 Å². The Morgan fingerprint density at radius 1 is 1.05 bits per heavy atom. The van der Waals surface area contributed by atoms with Crippen LogP contribution < -0.4 is 5.32 Å². The molecule has 1 N–H and O–H groups in total. The summed E-state index contributed by atoms with van der Waals surface area (Å²) in [4.78, 5) is 2.72. The fourth-order valence-electron chi connectivity index (χ4n) is 4.74. The Bertz CT molecular complexity index is 281. The van der Waals surface area contributed by atoms with E-state index in [0.717, 1.165) is 17.9 Å². The second kappa shape index (κ2) is 7.26. The molecule has 0 heterocycles. The molecule has 0 aromatic carbocycles. The summed E-state index contributed by atoms with van der Waals surface area (Å²) in [6, 6.07) is 0.830. The molecule has 0 spiro atoms. The van der Waals surface area contributed by atoms with Gasteiger partial charge in [0.25, 0.3) is 0 Å². The summed E-state index contributed by atoms with van der Waals surface area (Å²) in [5.74, 6) is 1.83. The van der Waals surface area contributed by atoms with E-state index in [1.807, 2.05) is 0 Å². The van der Waals surface area contributed by atoms with Crippen LogP contribution in [0.3, 0.4) is 0 Å². The van der Waals surface area contributed by atoms with Crippen LogP contribution in [0.4, 0.5) is 0 Å². The summed E-state index contributed by atoms with van der Waals surface area (Å²) < 4.78 is 0. The van der Waals surface area contributed by atoms with Crippen molar-refractivity contribution in [1.82, 2.24) is 10.2 Å². The molecular weight excluding hydrogens is 244 g/mol. The first kappa shape index (κ1) is 16.3. The predicted octanol–water partition coefficient (Wildman–Crippen LogP) is 3.91. The molecule has 2 aliphatic rings. The molecule has 0 aromatic rings. The van der Waals surface area contributed by atoms with E-state index in [1.165, 1.54) is 64.5 Å². The molecule has 2 heteroatoms. The number of hydrogen-bond acceptors (Lipinski definition) is 2. The molecule has 2 saturated carbocycles. The molecule has 2 aliphatic carbocycles. The van der Waals surface area contributed by atoms with Crippen LogP contribution in [0.5, 0.6) is 0 Å². The topological polar surface area (TPSA) is 15.3 Å². The van der Waals surface area contributed by atoms with Gasteiger partial charge < -0.3 is 10.2 Å². The molecule has 2 unspecified atom stereocenters. The van der Waals surface area contributed by atoms with E-state index in [4.69, 9.17) is 0 Å². The van der Waals surface area contributed by atoms with E-state index in [2.05, 4.69) is 38.2 Å². The van der Waals surface area contributed by atoms with E-state index < -0.39 is 0 Å². The van der Waals surface area contributed by atoms with Crippen molar-refractivity contribution in [2.24, 2.45) is 17.3 Å². The van der Waals surface area contributed by atoms with Crippen LogP contribution in [0.15, 0.2) is 0 Å². The van der Waals surface area contributed by atoms with E-state index in [1.54, 1.807) is 0 Å². The number of nitrogens with zero attached hydrogens (tertiary/aromatic N) is 1. The van der Waals surface area contributed by atoms with Crippen molar-refractivity contribution in [2.75, 3.05) is 27.2 Å². The molecule has 2 nitrogen and oxygen atoms in total. The lowest BCUT2D eigenvalue weighted by atomic mass is 9.70. The van der Waals surface area contributed by atoms with Gasteiger partial charge in [-0.05, 0) is 57.0 Å². The quantitative estimate of drug-likeness (QED) is 0.821. The predicted molar refractivity (Wildman–Crippen MR) is 88.0 cm³/mol. The molecule has 2 fully saturated rings. The fourth-order valence-corrected chi connectivity index (χ4v) is 4.74. The van der Waals surface area contributed by atoms with Gasteiger partial charge in [-0.3, -0.25) is 0 Å². The van der Waals surface area contributed by atoms with Crippen LogP contribution in [0.25, 0.3) is 0 Å². The zero-order valence-electron chi connectivity index (χ0n) is 14.3. The Hall–Kier alpha value is -0.0800. The van der Waals surface area contributed by atoms with Gasteiger partial charge in [-0.15, -0.1) is 0 Å². The highest BCUT2D eigenvalue weighted by atomic mass is 15.1. The van der Waals surface area contributed by atoms with Crippen LogP contribution in [0, 0.1) is 17.3 Å². The Balaban J connectivity index is 1.96. The van der Waals surface area contributed by atoms with Crippen molar-refractivity contribution in [3.05, 3.63) is 0 Å². The van der Waals surface area contributed by atoms with Gasteiger partial charge in [0.05, 0.1) is 0 Å². The average Bonchev–Trinajstić information content (AvgIpc) is 2.43. The Morgan fingerprint density at radius 2 is 1.70 bits per heavy atom. The first-order chi connectivity index (χ1) is 9.56. The molecular formula is C18H36N2. The van der Waals surface area contributed by atoms with Crippen molar-refractivity contribution in [3.8, 4) is 0 Å². The molecule has 0 saturated heterocycles. The van der Waals surface area contributed by atoms with E-state index >= 15 is 0 Å². The van der Waals surface area contributed by atoms with Crippen LogP contribution >= 0.6 is 0 Å². The van der Waals surface area contributed by atoms with Crippen molar-refractivity contribution in [1.29, 1.82) is 0 Å². The third-order valence-electron chi connectivity index (χ3n) is 6.10. The molecule has 2 rings (SSSR count). The van der Waals surface area contributed by atoms with Gasteiger partial charge >= 0.3 is 0 Å². The normalized spacial score (nSPS) is 39.1. The zero-order valence-corrected chi connectivity index (χ0v) is 14.3. The molecule has 0 bridgehead atoms. The molecule has 20 heavy (non-hydrogen) atoms. The monoisotopic (exact) mass is 280 g/mol. The smallest absolute Gasteiger partial charge is 0.0118 e. The SMILES string of the molecule is CNCC1(CN(C)C2CCCCC2C)CCC(C)CC1. The highest BCUT2D eigenvalue weighted by molar-refractivity contribution is 4.91. The summed E-state index contributed by atoms with van der Waals surface area (Å²) in [6.07, 6.45) is 11.4. The summed E-state index contributed by atoms with van der Waals surface area (Å²) in [5.41, 5.74) is 0.535. The third kappa shape index (κ3) is 3.98. The standard InChI is InChI=1S/C18H36N2/c1-15-9-11-18(12-10-15,13-19-3)14-20(4)17-8-6-5-7-16(17)2/h15-17,19H,5-14H2,1-4H3. The lowest BCUT2D eigenvalue weighted by molar-refractivity contribution is 0.0520. The van der Waals surface area contributed by atoms with Crippen LogP contribution in [-0.2, 0) is 0 Å². The average molecular weight is 280 g/mol. The van der Waals surface area contributed by atoms with Crippen molar-refractivity contribution < 1.29 is 0 Å². The van der Waals surface area contributed by atoms with E-state index in [9.17, 15) is 0 Å². The zero-order chi connectivity index (χ0) is 14.6. The minimum absolute atomic E-state index is 0.535. The summed E-state index contributed by atoms with van der Waals surface area (Å²) in [5, 5.41) is 3.49. The lowest BCUT2D eigenvalue weighted by Gasteiger charge is -2.45. The Labute approximate surface area is 126 Å². The first-order valence-electron chi connectivity index (χ1n) is 8.91. The summed E-state index contributed by atoms with van der Waals surface area (Å²) in [7, 11) is 4.52. The van der Waals surface area contributed by atoms with Crippen molar-refractivity contribution >= 4 is 0 Å². The summed E-state index contributed by atoms with van der Waals surface area (Å²) in [6.45, 7) is 7.39. The minimum atomic E-state index is 0.535. The second-order valence-electron chi connectivity index (χ2n) is 7.96. The van der Waals surface area contributed by atoms with Gasteiger partial charge in [0, 0.05) is 19.1 Å². The third-order valence-corrected chi connectivity index (χ3v) is 6.10. The Kier molecular flexibility index (Phi) is 5.92. The van der Waals surface area contributed by atoms with Crippen LogP contribution in [0.1, 0.15) is 65.2 Å². The van der Waals surface area contributed by atoms with Gasteiger partial charge in [-0.1, -0.05) is 39.5 Å². The molecule has 0 aliphatic heterocycles. The molecule has 0 radical (unpaired) electrons. The van der Waals surface area contributed by atoms with Gasteiger partial charge in [-0.25, -0.2) is 0 Å².